The summed E-state index contributed by atoms with van der Waals surface area (Å²) in [6.07, 6.45) is 5.48. The van der Waals surface area contributed by atoms with Crippen molar-refractivity contribution < 1.29 is 23.7 Å². The summed E-state index contributed by atoms with van der Waals surface area (Å²) in [7, 11) is 6.37. The molecule has 2 aliphatic heterocycles. The van der Waals surface area contributed by atoms with Crippen molar-refractivity contribution in [3.63, 3.8) is 0 Å². The van der Waals surface area contributed by atoms with Crippen LogP contribution in [-0.4, -0.2) is 57.4 Å². The standard InChI is InChI=1S/C26H34N2O5/c1-30-22-10-5-7-17(11-22)16-28-20-8-6-9-21(28)15-19(14-20)27-26(29)18-12-23(31-2)25(33-4)24(13-18)32-3/h5,7,10-13,19-21H,6,8-9,14-16H2,1-4H3,(H,27,29)/t19?,20-,21+. The van der Waals surface area contributed by atoms with Gasteiger partial charge in [0, 0.05) is 30.2 Å². The summed E-state index contributed by atoms with van der Waals surface area (Å²) in [6.45, 7) is 0.917. The highest BCUT2D eigenvalue weighted by Gasteiger charge is 2.38. The fraction of sp³-hybridized carbons (Fsp3) is 0.500. The summed E-state index contributed by atoms with van der Waals surface area (Å²) in [4.78, 5) is 15.7. The Bertz CT molecular complexity index is 940. The molecule has 2 aromatic carbocycles. The smallest absolute Gasteiger partial charge is 0.251 e. The van der Waals surface area contributed by atoms with E-state index in [2.05, 4.69) is 22.3 Å². The van der Waals surface area contributed by atoms with E-state index in [0.717, 1.165) is 38.0 Å². The molecule has 1 unspecified atom stereocenters. The first kappa shape index (κ1) is 23.2. The van der Waals surface area contributed by atoms with Crippen LogP contribution in [0.5, 0.6) is 23.0 Å². The number of fused-ring (bicyclic) bond motifs is 2. The number of benzene rings is 2. The van der Waals surface area contributed by atoms with E-state index in [1.807, 2.05) is 12.1 Å². The van der Waals surface area contributed by atoms with Crippen LogP contribution in [-0.2, 0) is 6.54 Å². The average molecular weight is 455 g/mol. The third kappa shape index (κ3) is 5.03. The quantitative estimate of drug-likeness (QED) is 0.649. The van der Waals surface area contributed by atoms with Gasteiger partial charge in [0.05, 0.1) is 28.4 Å². The number of nitrogens with one attached hydrogen (secondary N) is 1. The van der Waals surface area contributed by atoms with Crippen LogP contribution in [0.25, 0.3) is 0 Å². The summed E-state index contributed by atoms with van der Waals surface area (Å²) < 4.78 is 21.6. The van der Waals surface area contributed by atoms with Crippen LogP contribution in [0, 0.1) is 0 Å². The van der Waals surface area contributed by atoms with Crippen molar-refractivity contribution >= 4 is 5.91 Å². The van der Waals surface area contributed by atoms with E-state index in [-0.39, 0.29) is 11.9 Å². The highest BCUT2D eigenvalue weighted by molar-refractivity contribution is 5.95. The molecule has 2 bridgehead atoms. The molecular weight excluding hydrogens is 420 g/mol. The maximum atomic E-state index is 13.1. The molecule has 3 atom stereocenters. The third-order valence-corrected chi connectivity index (χ3v) is 6.89. The van der Waals surface area contributed by atoms with E-state index in [9.17, 15) is 4.79 Å². The second kappa shape index (κ2) is 10.3. The van der Waals surface area contributed by atoms with Crippen molar-refractivity contribution in [2.45, 2.75) is 56.8 Å². The lowest BCUT2D eigenvalue weighted by atomic mass is 9.81. The number of hydrogen-bond acceptors (Lipinski definition) is 6. The lowest BCUT2D eigenvalue weighted by molar-refractivity contribution is 0.0176. The van der Waals surface area contributed by atoms with Crippen LogP contribution >= 0.6 is 0 Å². The third-order valence-electron chi connectivity index (χ3n) is 6.89. The largest absolute Gasteiger partial charge is 0.497 e. The summed E-state index contributed by atoms with van der Waals surface area (Å²) in [5.41, 5.74) is 1.78. The molecule has 2 fully saturated rings. The predicted molar refractivity (Wildman–Crippen MR) is 127 cm³/mol. The Balaban J connectivity index is 1.45. The van der Waals surface area contributed by atoms with Gasteiger partial charge in [-0.2, -0.15) is 0 Å². The molecule has 0 aromatic heterocycles. The number of rotatable bonds is 8. The summed E-state index contributed by atoms with van der Waals surface area (Å²) >= 11 is 0. The molecule has 2 aliphatic rings. The second-order valence-electron chi connectivity index (χ2n) is 8.82. The van der Waals surface area contributed by atoms with E-state index < -0.39 is 0 Å². The number of piperidine rings is 2. The molecule has 2 aromatic rings. The van der Waals surface area contributed by atoms with Crippen molar-refractivity contribution in [3.8, 4) is 23.0 Å². The normalized spacial score (nSPS) is 22.4. The van der Waals surface area contributed by atoms with E-state index in [0.29, 0.717) is 34.9 Å². The molecule has 178 valence electrons. The predicted octanol–water partition coefficient (Wildman–Crippen LogP) is 4.04. The zero-order valence-corrected chi connectivity index (χ0v) is 19.9. The molecule has 1 N–H and O–H groups in total. The Morgan fingerprint density at radius 3 is 2.18 bits per heavy atom. The molecule has 1 amide bonds. The van der Waals surface area contributed by atoms with Gasteiger partial charge >= 0.3 is 0 Å². The van der Waals surface area contributed by atoms with Crippen molar-refractivity contribution in [1.82, 2.24) is 10.2 Å². The van der Waals surface area contributed by atoms with E-state index >= 15 is 0 Å². The monoisotopic (exact) mass is 454 g/mol. The minimum Gasteiger partial charge on any atom is -0.497 e. The van der Waals surface area contributed by atoms with Gasteiger partial charge in [-0.1, -0.05) is 18.6 Å². The Kier molecular flexibility index (Phi) is 7.28. The molecule has 0 aliphatic carbocycles. The minimum absolute atomic E-state index is 0.112. The Labute approximate surface area is 196 Å². The van der Waals surface area contributed by atoms with Gasteiger partial charge in [0.1, 0.15) is 5.75 Å². The SMILES string of the molecule is COc1cccc(CN2[C@@H]3CCC[C@H]2CC(NC(=O)c2cc(OC)c(OC)c(OC)c2)C3)c1. The number of hydrogen-bond donors (Lipinski definition) is 1. The molecular formula is C26H34N2O5. The van der Waals surface area contributed by atoms with Gasteiger partial charge in [0.15, 0.2) is 11.5 Å². The molecule has 33 heavy (non-hydrogen) atoms. The van der Waals surface area contributed by atoms with E-state index in [4.69, 9.17) is 18.9 Å². The van der Waals surface area contributed by atoms with Crippen LogP contribution in [0.3, 0.4) is 0 Å². The number of ether oxygens (including phenoxy) is 4. The average Bonchev–Trinajstić information content (AvgIpc) is 2.83. The molecule has 0 saturated carbocycles. The van der Waals surface area contributed by atoms with Crippen LogP contribution in [0.4, 0.5) is 0 Å². The molecule has 7 nitrogen and oxygen atoms in total. The number of amides is 1. The fourth-order valence-electron chi connectivity index (χ4n) is 5.32. The topological polar surface area (TPSA) is 69.3 Å². The molecule has 7 heteroatoms. The maximum Gasteiger partial charge on any atom is 0.251 e. The number of carbonyl (C=O) groups is 1. The van der Waals surface area contributed by atoms with Gasteiger partial charge in [0.2, 0.25) is 5.75 Å². The first-order chi connectivity index (χ1) is 16.1. The first-order valence-corrected chi connectivity index (χ1v) is 11.6. The lowest BCUT2D eigenvalue weighted by Gasteiger charge is -2.49. The van der Waals surface area contributed by atoms with Gasteiger partial charge in [-0.05, 0) is 55.5 Å². The van der Waals surface area contributed by atoms with Crippen LogP contribution in [0.2, 0.25) is 0 Å². The highest BCUT2D eigenvalue weighted by atomic mass is 16.5. The maximum absolute atomic E-state index is 13.1. The Morgan fingerprint density at radius 1 is 0.939 bits per heavy atom. The molecule has 4 rings (SSSR count). The first-order valence-electron chi connectivity index (χ1n) is 11.6. The zero-order chi connectivity index (χ0) is 23.4. The number of methoxy groups -OCH3 is 4. The summed E-state index contributed by atoms with van der Waals surface area (Å²) in [6, 6.07) is 12.8. The van der Waals surface area contributed by atoms with Gasteiger partial charge in [-0.25, -0.2) is 0 Å². The van der Waals surface area contributed by atoms with Crippen LogP contribution < -0.4 is 24.3 Å². The van der Waals surface area contributed by atoms with Crippen molar-refractivity contribution in [3.05, 3.63) is 47.5 Å². The van der Waals surface area contributed by atoms with Gasteiger partial charge < -0.3 is 24.3 Å². The lowest BCUT2D eigenvalue weighted by Crippen LogP contribution is -2.56. The summed E-state index contributed by atoms with van der Waals surface area (Å²) in [5.74, 6) is 2.22. The zero-order valence-electron chi connectivity index (χ0n) is 19.9. The van der Waals surface area contributed by atoms with E-state index in [1.165, 1.54) is 12.0 Å². The van der Waals surface area contributed by atoms with E-state index in [1.54, 1.807) is 40.6 Å². The Hall–Kier alpha value is -2.93. The summed E-state index contributed by atoms with van der Waals surface area (Å²) in [5, 5.41) is 3.27. The molecule has 0 spiro atoms. The molecule has 0 radical (unpaired) electrons. The van der Waals surface area contributed by atoms with Crippen molar-refractivity contribution in [1.29, 1.82) is 0 Å². The van der Waals surface area contributed by atoms with Gasteiger partial charge in [0.25, 0.3) is 5.91 Å². The van der Waals surface area contributed by atoms with Crippen molar-refractivity contribution in [2.24, 2.45) is 0 Å². The molecule has 2 heterocycles. The number of nitrogens with zero attached hydrogens (tertiary/aromatic N) is 1. The Morgan fingerprint density at radius 2 is 1.61 bits per heavy atom. The highest BCUT2D eigenvalue weighted by Crippen LogP contribution is 2.39. The number of carbonyl (C=O) groups excluding carboxylic acids is 1. The van der Waals surface area contributed by atoms with Gasteiger partial charge in [-0.15, -0.1) is 0 Å². The minimum atomic E-state index is -0.112. The van der Waals surface area contributed by atoms with Gasteiger partial charge in [-0.3, -0.25) is 9.69 Å². The molecule has 2 saturated heterocycles. The van der Waals surface area contributed by atoms with Crippen LogP contribution in [0.1, 0.15) is 48.0 Å². The fourth-order valence-corrected chi connectivity index (χ4v) is 5.32. The van der Waals surface area contributed by atoms with Crippen molar-refractivity contribution in [2.75, 3.05) is 28.4 Å². The van der Waals surface area contributed by atoms with Crippen LogP contribution in [0.15, 0.2) is 36.4 Å². The second-order valence-corrected chi connectivity index (χ2v) is 8.82.